The summed E-state index contributed by atoms with van der Waals surface area (Å²) >= 11 is 0. The van der Waals surface area contributed by atoms with Crippen LogP contribution in [0.25, 0.3) is 27.4 Å². The first-order valence-electron chi connectivity index (χ1n) is 10.8. The van der Waals surface area contributed by atoms with Crippen LogP contribution in [-0.2, 0) is 0 Å². The second-order valence-electron chi connectivity index (χ2n) is 8.88. The molecular weight excluding hydrogens is 361 g/mol. The van der Waals surface area contributed by atoms with Crippen molar-refractivity contribution in [2.75, 3.05) is 0 Å². The van der Waals surface area contributed by atoms with Crippen LogP contribution >= 0.6 is 0 Å². The van der Waals surface area contributed by atoms with Gasteiger partial charge in [-0.1, -0.05) is 96.5 Å². The van der Waals surface area contributed by atoms with E-state index in [1.54, 1.807) is 5.47 Å². The molecule has 0 N–H and O–H groups in total. The van der Waals surface area contributed by atoms with Gasteiger partial charge in [0.05, 0.1) is 0 Å². The maximum absolute atomic E-state index is 2.64. The van der Waals surface area contributed by atoms with Crippen molar-refractivity contribution >= 4 is 39.7 Å². The number of allylic oxidation sites excluding steroid dienone is 8. The number of hydrogen-bond donors (Lipinski definition) is 0. The topological polar surface area (TPSA) is 4.93 Å². The summed E-state index contributed by atoms with van der Waals surface area (Å²) in [5.74, 6) is 0.821. The minimum absolute atomic E-state index is 0.288. The standard InChI is InChI=1S/C28H18BN/c1-2-9-18-17(8-1)16-23-19-10-3-5-14-24(19)29-27(23)26(18)22-13-7-12-21-20-11-4-6-15-25(20)30(29)28(21)22/h1-16,18,26H. The van der Waals surface area contributed by atoms with E-state index in [-0.39, 0.29) is 6.85 Å². The van der Waals surface area contributed by atoms with Crippen LogP contribution in [0.3, 0.4) is 0 Å². The van der Waals surface area contributed by atoms with Crippen molar-refractivity contribution in [2.45, 2.75) is 5.92 Å². The van der Waals surface area contributed by atoms with Crippen LogP contribution in [-0.4, -0.2) is 11.3 Å². The molecule has 2 aliphatic heterocycles. The average molecular weight is 379 g/mol. The smallest absolute Gasteiger partial charge is 0.325 e. The zero-order valence-corrected chi connectivity index (χ0v) is 16.4. The molecule has 0 saturated carbocycles. The molecule has 0 bridgehead atoms. The summed E-state index contributed by atoms with van der Waals surface area (Å²) in [5.41, 5.74) is 11.6. The van der Waals surface area contributed by atoms with Gasteiger partial charge >= 0.3 is 6.85 Å². The minimum atomic E-state index is 0.288. The third-order valence-corrected chi connectivity index (χ3v) is 7.61. The zero-order chi connectivity index (χ0) is 19.4. The van der Waals surface area contributed by atoms with E-state index in [1.807, 2.05) is 0 Å². The highest BCUT2D eigenvalue weighted by Gasteiger charge is 2.49. The van der Waals surface area contributed by atoms with Gasteiger partial charge in [0.25, 0.3) is 0 Å². The van der Waals surface area contributed by atoms with Crippen molar-refractivity contribution in [1.82, 2.24) is 4.48 Å². The van der Waals surface area contributed by atoms with Crippen molar-refractivity contribution in [2.24, 2.45) is 5.92 Å². The van der Waals surface area contributed by atoms with Gasteiger partial charge in [0, 0.05) is 33.6 Å². The second-order valence-corrected chi connectivity index (χ2v) is 8.88. The van der Waals surface area contributed by atoms with Gasteiger partial charge in [-0.25, -0.2) is 0 Å². The fraction of sp³-hybridized carbons (Fsp3) is 0.0714. The number of aromatic nitrogens is 1. The third-order valence-electron chi connectivity index (χ3n) is 7.61. The van der Waals surface area contributed by atoms with E-state index in [0.29, 0.717) is 11.8 Å². The van der Waals surface area contributed by atoms with Crippen molar-refractivity contribution in [3.05, 3.63) is 119 Å². The van der Waals surface area contributed by atoms with Crippen LogP contribution in [0.5, 0.6) is 0 Å². The Kier molecular flexibility index (Phi) is 2.63. The summed E-state index contributed by atoms with van der Waals surface area (Å²) in [4.78, 5) is 0. The van der Waals surface area contributed by atoms with Gasteiger partial charge < -0.3 is 4.48 Å². The maximum atomic E-state index is 2.64. The van der Waals surface area contributed by atoms with Gasteiger partial charge in [-0.05, 0) is 33.8 Å². The molecule has 30 heavy (non-hydrogen) atoms. The predicted molar refractivity (Wildman–Crippen MR) is 126 cm³/mol. The summed E-state index contributed by atoms with van der Waals surface area (Å²) in [7, 11) is 0. The Morgan fingerprint density at radius 3 is 2.67 bits per heavy atom. The molecule has 0 radical (unpaired) electrons. The highest BCUT2D eigenvalue weighted by atomic mass is 14.9. The maximum Gasteiger partial charge on any atom is 0.325 e. The largest absolute Gasteiger partial charge is 0.376 e. The molecule has 0 saturated heterocycles. The molecule has 2 unspecified atom stereocenters. The molecule has 4 aliphatic rings. The summed E-state index contributed by atoms with van der Waals surface area (Å²) in [5, 5.41) is 2.76. The van der Waals surface area contributed by atoms with Gasteiger partial charge in [-0.3, -0.25) is 0 Å². The normalized spacial score (nSPS) is 22.4. The van der Waals surface area contributed by atoms with E-state index in [2.05, 4.69) is 102 Å². The Bertz CT molecular complexity index is 1560. The molecule has 3 aromatic carbocycles. The number of hydrogen-bond acceptors (Lipinski definition) is 0. The Morgan fingerprint density at radius 2 is 1.67 bits per heavy atom. The molecule has 0 spiro atoms. The van der Waals surface area contributed by atoms with E-state index >= 15 is 0 Å². The number of para-hydroxylation sites is 2. The molecule has 0 amide bonds. The second kappa shape index (κ2) is 5.15. The van der Waals surface area contributed by atoms with Crippen LogP contribution in [0.1, 0.15) is 17.0 Å². The molecule has 1 aromatic heterocycles. The van der Waals surface area contributed by atoms with E-state index in [0.717, 1.165) is 0 Å². The molecule has 138 valence electrons. The fourth-order valence-corrected chi connectivity index (χ4v) is 6.57. The van der Waals surface area contributed by atoms with E-state index < -0.39 is 0 Å². The first kappa shape index (κ1) is 15.3. The first-order valence-corrected chi connectivity index (χ1v) is 10.8. The number of fused-ring (bicyclic) bond motifs is 10. The molecule has 2 aliphatic carbocycles. The number of nitrogens with zero attached hydrogens (tertiary/aromatic N) is 1. The van der Waals surface area contributed by atoms with Gasteiger partial charge in [0.1, 0.15) is 0 Å². The first-order chi connectivity index (χ1) is 14.9. The van der Waals surface area contributed by atoms with Gasteiger partial charge in [-0.15, -0.1) is 0 Å². The Balaban J connectivity index is 1.61. The predicted octanol–water partition coefficient (Wildman–Crippen LogP) is 5.63. The summed E-state index contributed by atoms with van der Waals surface area (Å²) in [6.07, 6.45) is 11.6. The number of benzene rings is 3. The van der Waals surface area contributed by atoms with Gasteiger partial charge in [-0.2, -0.15) is 0 Å². The monoisotopic (exact) mass is 379 g/mol. The van der Waals surface area contributed by atoms with Gasteiger partial charge in [0.2, 0.25) is 0 Å². The molecule has 4 aromatic rings. The highest BCUT2D eigenvalue weighted by molar-refractivity contribution is 6.84. The van der Waals surface area contributed by atoms with Crippen LogP contribution in [0, 0.1) is 5.92 Å². The van der Waals surface area contributed by atoms with Crippen molar-refractivity contribution in [3.8, 4) is 0 Å². The lowest BCUT2D eigenvalue weighted by atomic mass is 9.44. The molecule has 1 nitrogen and oxygen atoms in total. The lowest BCUT2D eigenvalue weighted by Crippen LogP contribution is -2.44. The zero-order valence-electron chi connectivity index (χ0n) is 16.4. The van der Waals surface area contributed by atoms with Crippen LogP contribution in [0.4, 0.5) is 0 Å². The van der Waals surface area contributed by atoms with Crippen LogP contribution < -0.4 is 5.46 Å². The SMILES string of the molecule is C1=CC2=CC3=C4B(c5ccccc53)n3c5ccccc5c5cccc(c53)C4C2C=C1. The molecule has 2 atom stereocenters. The summed E-state index contributed by atoms with van der Waals surface area (Å²) in [6.45, 7) is 0.288. The molecule has 8 rings (SSSR count). The summed E-state index contributed by atoms with van der Waals surface area (Å²) in [6, 6.07) is 24.9. The lowest BCUT2D eigenvalue weighted by molar-refractivity contribution is 0.658. The molecular formula is C28H18BN. The van der Waals surface area contributed by atoms with E-state index in [9.17, 15) is 0 Å². The van der Waals surface area contributed by atoms with Crippen LogP contribution in [0.15, 0.2) is 108 Å². The van der Waals surface area contributed by atoms with Crippen LogP contribution in [0.2, 0.25) is 0 Å². The third kappa shape index (κ3) is 1.61. The lowest BCUT2D eigenvalue weighted by Gasteiger charge is -2.39. The highest BCUT2D eigenvalue weighted by Crippen LogP contribution is 2.54. The molecule has 3 heterocycles. The fourth-order valence-electron chi connectivity index (χ4n) is 6.57. The molecule has 2 heteroatoms. The van der Waals surface area contributed by atoms with Crippen molar-refractivity contribution in [1.29, 1.82) is 0 Å². The van der Waals surface area contributed by atoms with Crippen molar-refractivity contribution < 1.29 is 0 Å². The molecule has 0 fully saturated rings. The van der Waals surface area contributed by atoms with E-state index in [4.69, 9.17) is 0 Å². The number of rotatable bonds is 0. The minimum Gasteiger partial charge on any atom is -0.376 e. The van der Waals surface area contributed by atoms with E-state index in [1.165, 1.54) is 49.5 Å². The van der Waals surface area contributed by atoms with Crippen molar-refractivity contribution in [3.63, 3.8) is 0 Å². The Morgan fingerprint density at radius 1 is 0.800 bits per heavy atom. The van der Waals surface area contributed by atoms with Gasteiger partial charge in [0.15, 0.2) is 0 Å². The average Bonchev–Trinajstić information content (AvgIpc) is 3.31. The Hall–Kier alpha value is -3.52. The summed E-state index contributed by atoms with van der Waals surface area (Å²) < 4.78 is 2.64. The Labute approximate surface area is 175 Å². The quantitative estimate of drug-likeness (QED) is 0.349.